The molecule has 69 heavy (non-hydrogen) atoms. The lowest BCUT2D eigenvalue weighted by Gasteiger charge is -2.20. The first-order valence-corrected chi connectivity index (χ1v) is 29.6. The van der Waals surface area contributed by atoms with E-state index in [0.717, 1.165) is 44.4 Å². The van der Waals surface area contributed by atoms with E-state index in [1.165, 1.54) is 103 Å². The lowest BCUT2D eigenvalue weighted by molar-refractivity contribution is -0.161. The molecule has 16 nitrogen and oxygen atoms in total. The smallest absolute Gasteiger partial charge is 0.462 e. The number of aliphatic hydroxyl groups excluding tert-OH is 3. The third-order valence-electron chi connectivity index (χ3n) is 12.8. The number of carbonyl (C=O) groups excluding carboxylic acids is 3. The van der Waals surface area contributed by atoms with Crippen LogP contribution < -0.4 is 0 Å². The van der Waals surface area contributed by atoms with Crippen LogP contribution in [0.15, 0.2) is 24.3 Å². The Morgan fingerprint density at radius 3 is 1.75 bits per heavy atom. The summed E-state index contributed by atoms with van der Waals surface area (Å²) in [6, 6.07) is 0. The molecule has 0 aromatic heterocycles. The minimum Gasteiger partial charge on any atom is -0.462 e. The van der Waals surface area contributed by atoms with E-state index >= 15 is 0 Å². The number of ketones is 1. The number of phosphoric ester groups is 2. The maximum atomic E-state index is 12.8. The van der Waals surface area contributed by atoms with Gasteiger partial charge in [-0.2, -0.15) is 0 Å². The number of phosphoric acid groups is 2. The minimum absolute atomic E-state index is 0.0546. The van der Waals surface area contributed by atoms with Crippen LogP contribution in [-0.2, 0) is 46.6 Å². The third kappa shape index (κ3) is 37.6. The summed E-state index contributed by atoms with van der Waals surface area (Å²) in [7, 11) is -9.79. The first-order chi connectivity index (χ1) is 33.0. The van der Waals surface area contributed by atoms with Crippen molar-refractivity contribution in [3.63, 3.8) is 0 Å². The van der Waals surface area contributed by atoms with E-state index in [2.05, 4.69) is 25.3 Å². The highest BCUT2D eigenvalue weighted by atomic mass is 31.2. The van der Waals surface area contributed by atoms with Gasteiger partial charge in [0.05, 0.1) is 32.0 Å². The second kappa shape index (κ2) is 40.6. The zero-order valence-corrected chi connectivity index (χ0v) is 44.3. The molecule has 0 aromatic carbocycles. The number of rotatable bonds is 46. The van der Waals surface area contributed by atoms with Crippen LogP contribution in [0.3, 0.4) is 0 Å². The van der Waals surface area contributed by atoms with Crippen LogP contribution in [-0.4, -0.2) is 98.6 Å². The average Bonchev–Trinajstić information content (AvgIpc) is 3.57. The highest BCUT2D eigenvalue weighted by Crippen LogP contribution is 2.44. The monoisotopic (exact) mass is 1020 g/mol. The Kier molecular flexibility index (Phi) is 38.4. The first kappa shape index (κ1) is 65.2. The summed E-state index contributed by atoms with van der Waals surface area (Å²) in [4.78, 5) is 65.7. The summed E-state index contributed by atoms with van der Waals surface area (Å²) >= 11 is 0. The Hall–Kier alpha value is -1.81. The van der Waals surface area contributed by atoms with Crippen molar-refractivity contribution in [1.29, 1.82) is 0 Å². The second-order valence-electron chi connectivity index (χ2n) is 19.2. The molecule has 6 N–H and O–H groups in total. The van der Waals surface area contributed by atoms with Crippen molar-refractivity contribution in [3.05, 3.63) is 24.3 Å². The number of aliphatic hydroxyl groups is 3. The number of Topliss-reactive ketones (excluding diaryl/α,β-unsaturated/α-hetero) is 1. The van der Waals surface area contributed by atoms with Crippen LogP contribution in [0, 0.1) is 17.8 Å². The summed E-state index contributed by atoms with van der Waals surface area (Å²) in [6.45, 7) is 3.77. The quantitative estimate of drug-likeness (QED) is 0.0143. The van der Waals surface area contributed by atoms with Crippen molar-refractivity contribution in [2.24, 2.45) is 17.8 Å². The Morgan fingerprint density at radius 2 is 1.19 bits per heavy atom. The number of esters is 2. The molecule has 8 atom stereocenters. The molecule has 0 radical (unpaired) electrons. The van der Waals surface area contributed by atoms with Crippen molar-refractivity contribution in [3.8, 4) is 0 Å². The number of unbranched alkanes of at least 4 members (excludes halogenated alkanes) is 20. The van der Waals surface area contributed by atoms with Crippen molar-refractivity contribution in [2.75, 3.05) is 26.4 Å². The molecule has 1 saturated carbocycles. The zero-order chi connectivity index (χ0) is 51.2. The molecule has 1 aliphatic rings. The van der Waals surface area contributed by atoms with E-state index in [-0.39, 0.29) is 31.0 Å². The van der Waals surface area contributed by atoms with Gasteiger partial charge in [0, 0.05) is 31.1 Å². The van der Waals surface area contributed by atoms with Gasteiger partial charge in [0.2, 0.25) is 0 Å². The fourth-order valence-corrected chi connectivity index (χ4v) is 9.40. The first-order valence-electron chi connectivity index (χ1n) is 26.5. The summed E-state index contributed by atoms with van der Waals surface area (Å²) < 4.78 is 48.0. The number of allylic oxidation sites excluding steroid dienone is 3. The molecule has 1 fully saturated rings. The van der Waals surface area contributed by atoms with Gasteiger partial charge in [-0.3, -0.25) is 28.0 Å². The number of carbonyl (C=O) groups is 3. The van der Waals surface area contributed by atoms with Gasteiger partial charge in [-0.15, -0.1) is 0 Å². The zero-order valence-electron chi connectivity index (χ0n) is 42.6. The predicted octanol–water partition coefficient (Wildman–Crippen LogP) is 11.1. The molecular weight excluding hydrogens is 930 g/mol. The van der Waals surface area contributed by atoms with Crippen molar-refractivity contribution >= 4 is 33.4 Å². The Morgan fingerprint density at radius 1 is 0.667 bits per heavy atom. The molecule has 0 bridgehead atoms. The molecule has 0 amide bonds. The maximum absolute atomic E-state index is 12.8. The Bertz CT molecular complexity index is 1490. The van der Waals surface area contributed by atoms with E-state index in [9.17, 15) is 43.7 Å². The molecule has 0 spiro atoms. The van der Waals surface area contributed by atoms with Crippen LogP contribution in [0.25, 0.3) is 0 Å². The van der Waals surface area contributed by atoms with Gasteiger partial charge in [0.1, 0.15) is 18.5 Å². The third-order valence-corrected chi connectivity index (χ3v) is 14.2. The van der Waals surface area contributed by atoms with Crippen LogP contribution in [0.4, 0.5) is 0 Å². The van der Waals surface area contributed by atoms with Crippen LogP contribution in [0.1, 0.15) is 213 Å². The molecule has 1 aliphatic carbocycles. The van der Waals surface area contributed by atoms with E-state index in [4.69, 9.17) is 28.3 Å². The molecule has 404 valence electrons. The standard InChI is InChI=1S/C51H94O16P2/c1-4-6-25-31-43(52)35-36-47-46(48(54)37-49(47)55)32-27-23-24-29-34-51(57)67-45(41-66-69(61,62)65-39-44(53)38-64-68(58,59)60)40-63-50(56)33-28-22-20-18-16-14-12-10-8-7-9-11-13-15-17-19-21-26-30-42(3)5-2/h23,27,35-36,42-48,52-54H,4-22,24-26,28-34,37-41H2,1-3H3,(H,61,62)(H2,58,59,60)/b27-23-,36-35+/t42?,43-,44-,45+,46+,47+,48-/m0/s1. The summed E-state index contributed by atoms with van der Waals surface area (Å²) in [6.07, 6.45) is 32.4. The van der Waals surface area contributed by atoms with Gasteiger partial charge < -0.3 is 39.5 Å². The molecule has 0 saturated heterocycles. The predicted molar refractivity (Wildman–Crippen MR) is 268 cm³/mol. The van der Waals surface area contributed by atoms with Crippen LogP contribution >= 0.6 is 15.6 Å². The molecule has 0 aliphatic heterocycles. The number of hydrogen-bond acceptors (Lipinski definition) is 13. The SMILES string of the molecule is CCCCC[C@H](O)/C=C/[C@H]1C(=O)C[C@H](O)[C@@H]1C/C=C\CCCC(=O)O[C@H](COC(=O)CCCCCCCCCCCCCCCCCCCCC(C)CC)COP(=O)(O)OC[C@@H](O)COP(=O)(O)O. The summed E-state index contributed by atoms with van der Waals surface area (Å²) in [5, 5.41) is 30.6. The summed E-state index contributed by atoms with van der Waals surface area (Å²) in [5.74, 6) is -1.23. The minimum atomic E-state index is -4.90. The molecular formula is C51H94O16P2. The topological polar surface area (TPSA) is 253 Å². The molecule has 0 heterocycles. The normalized spacial score (nSPS) is 19.3. The van der Waals surface area contributed by atoms with E-state index in [1.807, 2.05) is 12.2 Å². The Labute approximate surface area is 415 Å². The number of ether oxygens (including phenoxy) is 2. The van der Waals surface area contributed by atoms with Gasteiger partial charge in [-0.1, -0.05) is 186 Å². The van der Waals surface area contributed by atoms with Gasteiger partial charge >= 0.3 is 27.6 Å². The molecule has 1 rings (SSSR count). The summed E-state index contributed by atoms with van der Waals surface area (Å²) in [5.41, 5.74) is 0. The maximum Gasteiger partial charge on any atom is 0.472 e. The highest BCUT2D eigenvalue weighted by Gasteiger charge is 2.39. The van der Waals surface area contributed by atoms with Crippen molar-refractivity contribution in [2.45, 2.75) is 238 Å². The van der Waals surface area contributed by atoms with Gasteiger partial charge in [-0.25, -0.2) is 9.13 Å². The molecule has 2 unspecified atom stereocenters. The van der Waals surface area contributed by atoms with Gasteiger partial charge in [-0.05, 0) is 38.0 Å². The average molecular weight is 1030 g/mol. The van der Waals surface area contributed by atoms with E-state index < -0.39 is 84.3 Å². The second-order valence-corrected chi connectivity index (χ2v) is 21.9. The van der Waals surface area contributed by atoms with E-state index in [1.54, 1.807) is 12.2 Å². The van der Waals surface area contributed by atoms with Gasteiger partial charge in [0.15, 0.2) is 6.10 Å². The van der Waals surface area contributed by atoms with Crippen molar-refractivity contribution < 1.29 is 76.6 Å². The van der Waals surface area contributed by atoms with Crippen LogP contribution in [0.5, 0.6) is 0 Å². The molecule has 18 heteroatoms. The van der Waals surface area contributed by atoms with Gasteiger partial charge in [0.25, 0.3) is 0 Å². The number of hydrogen-bond donors (Lipinski definition) is 6. The van der Waals surface area contributed by atoms with Crippen molar-refractivity contribution in [1.82, 2.24) is 0 Å². The molecule has 0 aromatic rings. The Balaban J connectivity index is 2.44. The highest BCUT2D eigenvalue weighted by molar-refractivity contribution is 7.47. The van der Waals surface area contributed by atoms with Crippen LogP contribution in [0.2, 0.25) is 0 Å². The lowest BCUT2D eigenvalue weighted by Crippen LogP contribution is -2.29. The van der Waals surface area contributed by atoms with E-state index in [0.29, 0.717) is 32.1 Å². The largest absolute Gasteiger partial charge is 0.472 e. The lowest BCUT2D eigenvalue weighted by atomic mass is 9.90. The fraction of sp³-hybridized carbons (Fsp3) is 0.863. The fourth-order valence-electron chi connectivity index (χ4n) is 8.25.